The van der Waals surface area contributed by atoms with E-state index < -0.39 is 0 Å². The zero-order chi connectivity index (χ0) is 25.9. The number of carbonyl (C=O) groups excluding carboxylic acids is 1. The third kappa shape index (κ3) is 6.86. The van der Waals surface area contributed by atoms with Crippen LogP contribution in [0, 0.1) is 0 Å². The van der Waals surface area contributed by atoms with Gasteiger partial charge < -0.3 is 31.2 Å². The fourth-order valence-electron chi connectivity index (χ4n) is 3.25. The molecule has 36 heavy (non-hydrogen) atoms. The second-order valence-corrected chi connectivity index (χ2v) is 7.52. The number of carbonyl (C=O) groups is 1. The molecule has 0 aliphatic carbocycles. The molecule has 0 bridgehead atoms. The van der Waals surface area contributed by atoms with E-state index in [4.69, 9.17) is 15.2 Å². The van der Waals surface area contributed by atoms with E-state index in [9.17, 15) is 4.79 Å². The maximum Gasteiger partial charge on any atom is 0.255 e. The van der Waals surface area contributed by atoms with E-state index in [0.717, 1.165) is 11.3 Å². The lowest BCUT2D eigenvalue weighted by atomic mass is 10.1. The van der Waals surface area contributed by atoms with Gasteiger partial charge in [-0.2, -0.15) is 4.98 Å². The average Bonchev–Trinajstić information content (AvgIpc) is 2.91. The number of hydrogen-bond acceptors (Lipinski definition) is 8. The van der Waals surface area contributed by atoms with Gasteiger partial charge in [0.1, 0.15) is 5.82 Å². The summed E-state index contributed by atoms with van der Waals surface area (Å²) in [5.74, 6) is 2.10. The average molecular weight is 487 g/mol. The molecule has 186 valence electrons. The van der Waals surface area contributed by atoms with Crippen LogP contribution in [0.2, 0.25) is 0 Å². The summed E-state index contributed by atoms with van der Waals surface area (Å²) >= 11 is 0. The number of methoxy groups -OCH3 is 2. The van der Waals surface area contributed by atoms with Crippen LogP contribution >= 0.6 is 0 Å². The van der Waals surface area contributed by atoms with Crippen molar-refractivity contribution in [1.29, 1.82) is 0 Å². The van der Waals surface area contributed by atoms with Crippen LogP contribution in [-0.4, -0.2) is 30.1 Å². The lowest BCUT2D eigenvalue weighted by molar-refractivity contribution is 0.0966. The lowest BCUT2D eigenvalue weighted by Crippen LogP contribution is -2.26. The zero-order valence-electron chi connectivity index (χ0n) is 20.5. The highest BCUT2D eigenvalue weighted by Gasteiger charge is 2.10. The van der Waals surface area contributed by atoms with Gasteiger partial charge in [-0.3, -0.25) is 4.79 Å². The van der Waals surface area contributed by atoms with Crippen molar-refractivity contribution in [2.24, 2.45) is 5.73 Å². The fraction of sp³-hybridized carbons (Fsp3) is 0.148. The normalized spacial score (nSPS) is 11.4. The SMILES string of the molecule is C=C/C=C(N)\C(=C/C)NC(=O)c1ccc(CNc2nccc(Nc3ccc(OC)c(OC)c3)n2)cc1. The van der Waals surface area contributed by atoms with Crippen molar-refractivity contribution in [3.8, 4) is 11.5 Å². The predicted octanol–water partition coefficient (Wildman–Crippen LogP) is 4.51. The van der Waals surface area contributed by atoms with Crippen molar-refractivity contribution in [3.05, 3.63) is 102 Å². The molecule has 0 unspecified atom stereocenters. The maximum atomic E-state index is 12.6. The first-order valence-corrected chi connectivity index (χ1v) is 11.2. The second-order valence-electron chi connectivity index (χ2n) is 7.52. The Morgan fingerprint density at radius 2 is 1.83 bits per heavy atom. The molecule has 0 radical (unpaired) electrons. The van der Waals surface area contributed by atoms with Gasteiger partial charge in [0.15, 0.2) is 11.5 Å². The van der Waals surface area contributed by atoms with E-state index in [-0.39, 0.29) is 5.91 Å². The van der Waals surface area contributed by atoms with E-state index in [1.54, 1.807) is 63.8 Å². The number of amides is 1. The Bertz CT molecular complexity index is 1270. The summed E-state index contributed by atoms with van der Waals surface area (Å²) in [6.45, 7) is 5.90. The Morgan fingerprint density at radius 3 is 2.50 bits per heavy atom. The van der Waals surface area contributed by atoms with E-state index in [2.05, 4.69) is 32.5 Å². The van der Waals surface area contributed by atoms with Gasteiger partial charge in [-0.1, -0.05) is 30.9 Å². The number of aromatic nitrogens is 2. The van der Waals surface area contributed by atoms with E-state index in [1.165, 1.54) is 0 Å². The van der Waals surface area contributed by atoms with Crippen molar-refractivity contribution in [2.75, 3.05) is 24.9 Å². The van der Waals surface area contributed by atoms with Crippen LogP contribution in [0.3, 0.4) is 0 Å². The van der Waals surface area contributed by atoms with Crippen LogP contribution in [-0.2, 0) is 6.54 Å². The molecule has 1 amide bonds. The van der Waals surface area contributed by atoms with Gasteiger partial charge in [0.05, 0.1) is 25.6 Å². The number of benzene rings is 2. The van der Waals surface area contributed by atoms with Gasteiger partial charge in [-0.15, -0.1) is 0 Å². The van der Waals surface area contributed by atoms with E-state index in [1.807, 2.05) is 30.3 Å². The third-order valence-electron chi connectivity index (χ3n) is 5.12. The van der Waals surface area contributed by atoms with Gasteiger partial charge in [-0.25, -0.2) is 4.98 Å². The first-order chi connectivity index (χ1) is 17.5. The van der Waals surface area contributed by atoms with Gasteiger partial charge >= 0.3 is 0 Å². The summed E-state index contributed by atoms with van der Waals surface area (Å²) in [6, 6.07) is 14.5. The minimum absolute atomic E-state index is 0.250. The molecule has 1 heterocycles. The highest BCUT2D eigenvalue weighted by Crippen LogP contribution is 2.30. The van der Waals surface area contributed by atoms with E-state index in [0.29, 0.717) is 46.8 Å². The summed E-state index contributed by atoms with van der Waals surface area (Å²) in [4.78, 5) is 21.3. The first kappa shape index (κ1) is 25.8. The molecule has 3 rings (SSSR count). The van der Waals surface area contributed by atoms with Crippen LogP contribution in [0.25, 0.3) is 0 Å². The highest BCUT2D eigenvalue weighted by molar-refractivity contribution is 5.95. The summed E-state index contributed by atoms with van der Waals surface area (Å²) in [5.41, 5.74) is 9.18. The molecule has 9 nitrogen and oxygen atoms in total. The molecule has 0 atom stereocenters. The Balaban J connectivity index is 1.60. The predicted molar refractivity (Wildman–Crippen MR) is 142 cm³/mol. The van der Waals surface area contributed by atoms with Crippen molar-refractivity contribution < 1.29 is 14.3 Å². The summed E-state index contributed by atoms with van der Waals surface area (Å²) < 4.78 is 10.6. The topological polar surface area (TPSA) is 123 Å². The number of ether oxygens (including phenoxy) is 2. The van der Waals surface area contributed by atoms with E-state index >= 15 is 0 Å². The van der Waals surface area contributed by atoms with Crippen LogP contribution < -0.4 is 31.2 Å². The monoisotopic (exact) mass is 486 g/mol. The molecule has 0 saturated carbocycles. The Kier molecular flexibility index (Phi) is 9.05. The first-order valence-electron chi connectivity index (χ1n) is 11.2. The van der Waals surface area contributed by atoms with Crippen LogP contribution in [0.5, 0.6) is 11.5 Å². The molecule has 0 fully saturated rings. The molecular weight excluding hydrogens is 456 g/mol. The maximum absolute atomic E-state index is 12.6. The van der Waals surface area contributed by atoms with Gasteiger partial charge in [0.25, 0.3) is 5.91 Å². The van der Waals surface area contributed by atoms with Crippen molar-refractivity contribution in [3.63, 3.8) is 0 Å². The van der Waals surface area contributed by atoms with Crippen LogP contribution in [0.15, 0.2) is 90.9 Å². The Morgan fingerprint density at radius 1 is 1.08 bits per heavy atom. The number of nitrogens with one attached hydrogen (secondary N) is 3. The fourth-order valence-corrected chi connectivity index (χ4v) is 3.25. The lowest BCUT2D eigenvalue weighted by Gasteiger charge is -2.12. The smallest absolute Gasteiger partial charge is 0.255 e. The minimum atomic E-state index is -0.250. The van der Waals surface area contributed by atoms with Crippen molar-refractivity contribution in [1.82, 2.24) is 15.3 Å². The van der Waals surface area contributed by atoms with Crippen molar-refractivity contribution >= 4 is 23.4 Å². The molecule has 2 aromatic carbocycles. The number of hydrogen-bond donors (Lipinski definition) is 4. The molecule has 1 aromatic heterocycles. The van der Waals surface area contributed by atoms with Gasteiger partial charge in [-0.05, 0) is 48.9 Å². The largest absolute Gasteiger partial charge is 0.493 e. The van der Waals surface area contributed by atoms with Crippen LogP contribution in [0.4, 0.5) is 17.5 Å². The molecule has 3 aromatic rings. The summed E-state index contributed by atoms with van der Waals surface area (Å²) in [7, 11) is 3.18. The summed E-state index contributed by atoms with van der Waals surface area (Å²) in [6.07, 6.45) is 6.60. The third-order valence-corrected chi connectivity index (χ3v) is 5.12. The van der Waals surface area contributed by atoms with Gasteiger partial charge in [0.2, 0.25) is 5.95 Å². The number of nitrogens with two attached hydrogens (primary N) is 1. The zero-order valence-corrected chi connectivity index (χ0v) is 20.5. The minimum Gasteiger partial charge on any atom is -0.493 e. The summed E-state index contributed by atoms with van der Waals surface area (Å²) in [5, 5.41) is 9.24. The number of allylic oxidation sites excluding steroid dienone is 3. The standard InChI is InChI=1S/C27H30N6O3/c1-5-7-21(28)22(6-2)32-26(34)19-10-8-18(9-11-19)17-30-27-29-15-14-25(33-27)31-20-12-13-23(35-3)24(16-20)36-4/h5-16H,1,17,28H2,2-4H3,(H,32,34)(H2,29,30,31,33)/b21-7+,22-6+. The number of rotatable bonds is 11. The van der Waals surface area contributed by atoms with Crippen molar-refractivity contribution in [2.45, 2.75) is 13.5 Å². The van der Waals surface area contributed by atoms with Crippen LogP contribution in [0.1, 0.15) is 22.8 Å². The van der Waals surface area contributed by atoms with Gasteiger partial charge in [0, 0.05) is 30.1 Å². The quantitative estimate of drug-likeness (QED) is 0.292. The molecule has 0 spiro atoms. The Labute approximate surface area is 210 Å². The molecular formula is C27H30N6O3. The highest BCUT2D eigenvalue weighted by atomic mass is 16.5. The molecule has 9 heteroatoms. The number of nitrogens with zero attached hydrogens (tertiary/aromatic N) is 2. The molecule has 0 aliphatic heterocycles. The molecule has 5 N–H and O–H groups in total. The molecule has 0 saturated heterocycles. The Hall–Kier alpha value is -4.79. The second kappa shape index (κ2) is 12.6. The number of anilines is 3. The molecule has 0 aliphatic rings.